The van der Waals surface area contributed by atoms with Crippen molar-refractivity contribution >= 4 is 18.0 Å². The lowest BCUT2D eigenvalue weighted by Gasteiger charge is -2.20. The summed E-state index contributed by atoms with van der Waals surface area (Å²) in [7, 11) is 0. The number of rotatable bonds is 8. The Bertz CT molecular complexity index is 958. The first-order valence-electron chi connectivity index (χ1n) is 10.3. The van der Waals surface area contributed by atoms with E-state index in [-0.39, 0.29) is 18.4 Å². The molecule has 2 aliphatic carbocycles. The van der Waals surface area contributed by atoms with Crippen molar-refractivity contribution in [2.45, 2.75) is 30.9 Å². The standard InChI is InChI=1S/C23H24N2O6/c26-19(22(28)29)11-24-21(27)20(13-9-10-13)25-23(30)31-12-18-16-7-3-1-5-14(16)15-6-2-4-8-17(15)18/h1-8,13,18-20,26H,9-12H2,(H,24,27)(H,25,30)(H,28,29)/t19-,20?/m0/s1. The molecule has 0 heterocycles. The summed E-state index contributed by atoms with van der Waals surface area (Å²) < 4.78 is 5.49. The first-order valence-corrected chi connectivity index (χ1v) is 10.3. The Kier molecular flexibility index (Phi) is 5.90. The van der Waals surface area contributed by atoms with Gasteiger partial charge < -0.3 is 25.6 Å². The highest BCUT2D eigenvalue weighted by molar-refractivity contribution is 5.87. The monoisotopic (exact) mass is 424 g/mol. The number of carboxylic acid groups (broad SMARTS) is 1. The number of aliphatic carboxylic acids is 1. The summed E-state index contributed by atoms with van der Waals surface area (Å²) in [5.41, 5.74) is 4.44. The molecule has 1 saturated carbocycles. The fraction of sp³-hybridized carbons (Fsp3) is 0.348. The zero-order valence-corrected chi connectivity index (χ0v) is 16.8. The van der Waals surface area contributed by atoms with Gasteiger partial charge in [-0.2, -0.15) is 0 Å². The molecule has 0 bridgehead atoms. The van der Waals surface area contributed by atoms with Crippen molar-refractivity contribution in [3.63, 3.8) is 0 Å². The quantitative estimate of drug-likeness (QED) is 0.513. The van der Waals surface area contributed by atoms with Crippen LogP contribution >= 0.6 is 0 Å². The van der Waals surface area contributed by atoms with Gasteiger partial charge in [0, 0.05) is 5.92 Å². The van der Waals surface area contributed by atoms with E-state index in [4.69, 9.17) is 9.84 Å². The van der Waals surface area contributed by atoms with Crippen molar-refractivity contribution in [3.8, 4) is 11.1 Å². The van der Waals surface area contributed by atoms with Gasteiger partial charge in [0.25, 0.3) is 0 Å². The van der Waals surface area contributed by atoms with E-state index in [1.165, 1.54) is 0 Å². The van der Waals surface area contributed by atoms with E-state index in [0.717, 1.165) is 35.1 Å². The van der Waals surface area contributed by atoms with Gasteiger partial charge in [-0.05, 0) is 41.0 Å². The minimum absolute atomic E-state index is 0.0255. The largest absolute Gasteiger partial charge is 0.479 e. The maximum atomic E-state index is 12.5. The molecule has 1 fully saturated rings. The highest BCUT2D eigenvalue weighted by atomic mass is 16.5. The number of carbonyl (C=O) groups is 3. The van der Waals surface area contributed by atoms with E-state index in [2.05, 4.69) is 10.6 Å². The number of carboxylic acids is 1. The molecule has 2 amide bonds. The molecule has 1 unspecified atom stereocenters. The van der Waals surface area contributed by atoms with Gasteiger partial charge in [-0.15, -0.1) is 0 Å². The van der Waals surface area contributed by atoms with Crippen molar-refractivity contribution in [1.29, 1.82) is 0 Å². The molecule has 8 heteroatoms. The number of alkyl carbamates (subject to hydrolysis) is 1. The second-order valence-electron chi connectivity index (χ2n) is 7.88. The molecule has 2 aromatic carbocycles. The predicted molar refractivity (Wildman–Crippen MR) is 111 cm³/mol. The smallest absolute Gasteiger partial charge is 0.407 e. The lowest BCUT2D eigenvalue weighted by molar-refractivity contribution is -0.146. The van der Waals surface area contributed by atoms with E-state index in [1.54, 1.807) is 0 Å². The summed E-state index contributed by atoms with van der Waals surface area (Å²) in [6.45, 7) is -0.291. The van der Waals surface area contributed by atoms with E-state index in [9.17, 15) is 19.5 Å². The zero-order valence-electron chi connectivity index (χ0n) is 16.8. The molecule has 4 N–H and O–H groups in total. The summed E-state index contributed by atoms with van der Waals surface area (Å²) in [6, 6.07) is 15.2. The molecule has 2 aromatic rings. The van der Waals surface area contributed by atoms with Gasteiger partial charge in [0.05, 0.1) is 6.54 Å². The summed E-state index contributed by atoms with van der Waals surface area (Å²) in [5.74, 6) is -2.07. The second-order valence-corrected chi connectivity index (χ2v) is 7.88. The summed E-state index contributed by atoms with van der Waals surface area (Å²) >= 11 is 0. The number of benzene rings is 2. The third kappa shape index (κ3) is 4.54. The van der Waals surface area contributed by atoms with E-state index < -0.39 is 36.7 Å². The number of carbonyl (C=O) groups excluding carboxylic acids is 2. The second kappa shape index (κ2) is 8.77. The van der Waals surface area contributed by atoms with Gasteiger partial charge >= 0.3 is 12.1 Å². The van der Waals surface area contributed by atoms with E-state index >= 15 is 0 Å². The number of amides is 2. The maximum absolute atomic E-state index is 12.5. The highest BCUT2D eigenvalue weighted by Gasteiger charge is 2.38. The number of fused-ring (bicyclic) bond motifs is 3. The molecule has 31 heavy (non-hydrogen) atoms. The minimum Gasteiger partial charge on any atom is -0.479 e. The van der Waals surface area contributed by atoms with Crippen LogP contribution in [-0.4, -0.2) is 53.5 Å². The van der Waals surface area contributed by atoms with Crippen molar-refractivity contribution in [2.75, 3.05) is 13.2 Å². The number of aliphatic hydroxyl groups is 1. The molecular weight excluding hydrogens is 400 g/mol. The van der Waals surface area contributed by atoms with Crippen LogP contribution in [0, 0.1) is 5.92 Å². The number of hydrogen-bond donors (Lipinski definition) is 4. The Balaban J connectivity index is 1.37. The molecule has 0 saturated heterocycles. The van der Waals surface area contributed by atoms with Gasteiger partial charge in [-0.25, -0.2) is 9.59 Å². The Morgan fingerprint density at radius 1 is 1.00 bits per heavy atom. The van der Waals surface area contributed by atoms with Crippen LogP contribution in [0.15, 0.2) is 48.5 Å². The predicted octanol–water partition coefficient (Wildman–Crippen LogP) is 1.87. The first-order chi connectivity index (χ1) is 15.0. The molecule has 2 atom stereocenters. The van der Waals surface area contributed by atoms with E-state index in [0.29, 0.717) is 0 Å². The van der Waals surface area contributed by atoms with Crippen LogP contribution in [-0.2, 0) is 14.3 Å². The fourth-order valence-electron chi connectivity index (χ4n) is 3.99. The number of hydrogen-bond acceptors (Lipinski definition) is 5. The van der Waals surface area contributed by atoms with Crippen LogP contribution in [0.4, 0.5) is 4.79 Å². The summed E-state index contributed by atoms with van der Waals surface area (Å²) in [5, 5.41) is 23.0. The number of ether oxygens (including phenoxy) is 1. The van der Waals surface area contributed by atoms with Gasteiger partial charge in [0.1, 0.15) is 12.6 Å². The Morgan fingerprint density at radius 2 is 1.58 bits per heavy atom. The molecule has 8 nitrogen and oxygen atoms in total. The van der Waals surface area contributed by atoms with Crippen LogP contribution < -0.4 is 10.6 Å². The molecular formula is C23H24N2O6. The van der Waals surface area contributed by atoms with Gasteiger partial charge in [0.15, 0.2) is 6.10 Å². The van der Waals surface area contributed by atoms with Crippen molar-refractivity contribution in [3.05, 3.63) is 59.7 Å². The molecule has 0 aromatic heterocycles. The van der Waals surface area contributed by atoms with Crippen molar-refractivity contribution < 1.29 is 29.3 Å². The topological polar surface area (TPSA) is 125 Å². The first kappa shape index (κ1) is 20.9. The number of nitrogens with one attached hydrogen (secondary N) is 2. The molecule has 0 radical (unpaired) electrons. The zero-order chi connectivity index (χ0) is 22.0. The van der Waals surface area contributed by atoms with Crippen LogP contribution in [0.3, 0.4) is 0 Å². The molecule has 2 aliphatic rings. The molecule has 0 spiro atoms. The average Bonchev–Trinajstić information content (AvgIpc) is 3.56. The van der Waals surface area contributed by atoms with Crippen LogP contribution in [0.25, 0.3) is 11.1 Å². The van der Waals surface area contributed by atoms with Gasteiger partial charge in [-0.1, -0.05) is 48.5 Å². The number of aliphatic hydroxyl groups excluding tert-OH is 1. The van der Waals surface area contributed by atoms with E-state index in [1.807, 2.05) is 48.5 Å². The SMILES string of the molecule is O=C(NC(C(=O)NC[C@H](O)C(=O)O)C1CC1)OCC1c2ccccc2-c2ccccc21. The van der Waals surface area contributed by atoms with Crippen LogP contribution in [0.5, 0.6) is 0 Å². The van der Waals surface area contributed by atoms with Crippen LogP contribution in [0.2, 0.25) is 0 Å². The Labute approximate surface area is 179 Å². The Hall–Kier alpha value is -3.39. The summed E-state index contributed by atoms with van der Waals surface area (Å²) in [6.07, 6.45) is -0.835. The minimum atomic E-state index is -1.70. The average molecular weight is 424 g/mol. The maximum Gasteiger partial charge on any atom is 0.407 e. The molecule has 0 aliphatic heterocycles. The lowest BCUT2D eigenvalue weighted by atomic mass is 9.98. The fourth-order valence-corrected chi connectivity index (χ4v) is 3.99. The normalized spacial score (nSPS) is 16.5. The van der Waals surface area contributed by atoms with Gasteiger partial charge in [-0.3, -0.25) is 4.79 Å². The van der Waals surface area contributed by atoms with Crippen LogP contribution in [0.1, 0.15) is 29.9 Å². The Morgan fingerprint density at radius 3 is 2.13 bits per heavy atom. The molecule has 4 rings (SSSR count). The molecule has 162 valence electrons. The van der Waals surface area contributed by atoms with Gasteiger partial charge in [0.2, 0.25) is 5.91 Å². The third-order valence-electron chi connectivity index (χ3n) is 5.75. The third-order valence-corrected chi connectivity index (χ3v) is 5.75. The van der Waals surface area contributed by atoms with Crippen molar-refractivity contribution in [2.24, 2.45) is 5.92 Å². The summed E-state index contributed by atoms with van der Waals surface area (Å²) in [4.78, 5) is 35.6. The highest BCUT2D eigenvalue weighted by Crippen LogP contribution is 2.44. The van der Waals surface area contributed by atoms with Crippen molar-refractivity contribution in [1.82, 2.24) is 10.6 Å². The lowest BCUT2D eigenvalue weighted by Crippen LogP contribution is -2.50.